The Bertz CT molecular complexity index is 853. The Labute approximate surface area is 152 Å². The van der Waals surface area contributed by atoms with Gasteiger partial charge in [-0.1, -0.05) is 32.0 Å². The summed E-state index contributed by atoms with van der Waals surface area (Å²) in [7, 11) is 0. The molecule has 0 bridgehead atoms. The SMILES string of the molecule is CCN(CC)C(=O)COC(=O)c1nn(CC(C)C)c(=O)c2ccccc12. The topological polar surface area (TPSA) is 81.5 Å². The highest BCUT2D eigenvalue weighted by molar-refractivity contribution is 6.02. The van der Waals surface area contributed by atoms with E-state index in [9.17, 15) is 14.4 Å². The second-order valence-electron chi connectivity index (χ2n) is 6.42. The van der Waals surface area contributed by atoms with Crippen molar-refractivity contribution in [3.05, 3.63) is 40.3 Å². The van der Waals surface area contributed by atoms with Crippen LogP contribution in [0.2, 0.25) is 0 Å². The number of likely N-dealkylation sites (N-methyl/N-ethyl adjacent to an activating group) is 1. The summed E-state index contributed by atoms with van der Waals surface area (Å²) < 4.78 is 6.46. The number of hydrogen-bond acceptors (Lipinski definition) is 5. The van der Waals surface area contributed by atoms with Crippen molar-refractivity contribution in [3.63, 3.8) is 0 Å². The first-order chi connectivity index (χ1) is 12.4. The second-order valence-corrected chi connectivity index (χ2v) is 6.42. The molecule has 0 atom stereocenters. The van der Waals surface area contributed by atoms with Gasteiger partial charge in [0.05, 0.1) is 5.39 Å². The molecule has 7 nitrogen and oxygen atoms in total. The van der Waals surface area contributed by atoms with Crippen LogP contribution in [0, 0.1) is 5.92 Å². The smallest absolute Gasteiger partial charge is 0.359 e. The predicted molar refractivity (Wildman–Crippen MR) is 99.1 cm³/mol. The van der Waals surface area contributed by atoms with Crippen LogP contribution in [0.1, 0.15) is 38.2 Å². The van der Waals surface area contributed by atoms with Crippen molar-refractivity contribution in [1.82, 2.24) is 14.7 Å². The van der Waals surface area contributed by atoms with Gasteiger partial charge in [0.15, 0.2) is 12.3 Å². The number of hydrogen-bond donors (Lipinski definition) is 0. The van der Waals surface area contributed by atoms with Crippen LogP contribution in [0.25, 0.3) is 10.8 Å². The van der Waals surface area contributed by atoms with E-state index in [-0.39, 0.29) is 29.7 Å². The van der Waals surface area contributed by atoms with Crippen molar-refractivity contribution >= 4 is 22.6 Å². The first-order valence-corrected chi connectivity index (χ1v) is 8.83. The summed E-state index contributed by atoms with van der Waals surface area (Å²) in [5, 5.41) is 5.04. The van der Waals surface area contributed by atoms with E-state index in [1.807, 2.05) is 27.7 Å². The fourth-order valence-electron chi connectivity index (χ4n) is 2.72. The van der Waals surface area contributed by atoms with Crippen LogP contribution >= 0.6 is 0 Å². The third-order valence-corrected chi connectivity index (χ3v) is 4.04. The van der Waals surface area contributed by atoms with E-state index in [2.05, 4.69) is 5.10 Å². The van der Waals surface area contributed by atoms with E-state index in [0.717, 1.165) is 0 Å². The highest BCUT2D eigenvalue weighted by Gasteiger charge is 2.20. The van der Waals surface area contributed by atoms with E-state index < -0.39 is 5.97 Å². The Kier molecular flexibility index (Phi) is 6.49. The number of aromatic nitrogens is 2. The molecule has 0 saturated carbocycles. The minimum atomic E-state index is -0.709. The van der Waals surface area contributed by atoms with Gasteiger partial charge in [-0.2, -0.15) is 5.10 Å². The number of nitrogens with zero attached hydrogens (tertiary/aromatic N) is 3. The largest absolute Gasteiger partial charge is 0.451 e. The van der Waals surface area contributed by atoms with E-state index >= 15 is 0 Å². The van der Waals surface area contributed by atoms with E-state index in [1.54, 1.807) is 29.2 Å². The summed E-state index contributed by atoms with van der Waals surface area (Å²) in [6.07, 6.45) is 0. The van der Waals surface area contributed by atoms with Crippen molar-refractivity contribution in [1.29, 1.82) is 0 Å². The molecule has 0 fully saturated rings. The van der Waals surface area contributed by atoms with Crippen LogP contribution in [0.4, 0.5) is 0 Å². The van der Waals surface area contributed by atoms with Crippen LogP contribution in [0.5, 0.6) is 0 Å². The Hall–Kier alpha value is -2.70. The van der Waals surface area contributed by atoms with Gasteiger partial charge in [0.25, 0.3) is 11.5 Å². The van der Waals surface area contributed by atoms with Gasteiger partial charge in [-0.15, -0.1) is 0 Å². The molecule has 140 valence electrons. The van der Waals surface area contributed by atoms with Crippen LogP contribution in [0.15, 0.2) is 29.1 Å². The molecule has 1 aromatic carbocycles. The lowest BCUT2D eigenvalue weighted by atomic mass is 10.1. The normalized spacial score (nSPS) is 11.0. The maximum absolute atomic E-state index is 12.6. The lowest BCUT2D eigenvalue weighted by Gasteiger charge is -2.18. The van der Waals surface area contributed by atoms with Crippen molar-refractivity contribution in [3.8, 4) is 0 Å². The lowest BCUT2D eigenvalue weighted by molar-refractivity contribution is -0.134. The zero-order chi connectivity index (χ0) is 19.3. The fraction of sp³-hybridized carbons (Fsp3) is 0.474. The molecule has 0 aliphatic heterocycles. The van der Waals surface area contributed by atoms with Crippen molar-refractivity contribution in [2.45, 2.75) is 34.2 Å². The van der Waals surface area contributed by atoms with Crippen molar-refractivity contribution in [2.75, 3.05) is 19.7 Å². The van der Waals surface area contributed by atoms with E-state index in [1.165, 1.54) is 4.68 Å². The highest BCUT2D eigenvalue weighted by atomic mass is 16.5. The third-order valence-electron chi connectivity index (χ3n) is 4.04. The molecular weight excluding hydrogens is 334 g/mol. The molecule has 2 rings (SSSR count). The van der Waals surface area contributed by atoms with Gasteiger partial charge < -0.3 is 9.64 Å². The molecular formula is C19H25N3O4. The van der Waals surface area contributed by atoms with Gasteiger partial charge in [0.1, 0.15) is 0 Å². The van der Waals surface area contributed by atoms with Gasteiger partial charge in [-0.3, -0.25) is 9.59 Å². The van der Waals surface area contributed by atoms with E-state index in [0.29, 0.717) is 30.4 Å². The molecule has 0 aliphatic rings. The zero-order valence-electron chi connectivity index (χ0n) is 15.7. The van der Waals surface area contributed by atoms with Crippen LogP contribution in [-0.4, -0.2) is 46.3 Å². The van der Waals surface area contributed by atoms with Crippen LogP contribution < -0.4 is 5.56 Å². The van der Waals surface area contributed by atoms with Gasteiger partial charge in [-0.25, -0.2) is 9.48 Å². The molecule has 26 heavy (non-hydrogen) atoms. The number of ether oxygens (including phenoxy) is 1. The highest BCUT2D eigenvalue weighted by Crippen LogP contribution is 2.15. The van der Waals surface area contributed by atoms with Crippen molar-refractivity contribution < 1.29 is 14.3 Å². The van der Waals surface area contributed by atoms with Crippen LogP contribution in [0.3, 0.4) is 0 Å². The summed E-state index contributed by atoms with van der Waals surface area (Å²) in [4.78, 5) is 38.7. The zero-order valence-corrected chi connectivity index (χ0v) is 15.7. The fourth-order valence-corrected chi connectivity index (χ4v) is 2.72. The number of benzene rings is 1. The summed E-state index contributed by atoms with van der Waals surface area (Å²) in [6, 6.07) is 6.79. The molecule has 0 saturated heterocycles. The Morgan fingerprint density at radius 3 is 2.35 bits per heavy atom. The lowest BCUT2D eigenvalue weighted by Crippen LogP contribution is -2.34. The predicted octanol–water partition coefficient (Wildman–Crippen LogP) is 2.08. The number of carbonyl (C=O) groups excluding carboxylic acids is 2. The molecule has 1 heterocycles. The van der Waals surface area contributed by atoms with E-state index in [4.69, 9.17) is 4.74 Å². The van der Waals surface area contributed by atoms with Crippen LogP contribution in [-0.2, 0) is 16.1 Å². The Morgan fingerprint density at radius 2 is 1.77 bits per heavy atom. The standard InChI is InChI=1S/C19H25N3O4/c1-5-21(6-2)16(23)12-26-19(25)17-14-9-7-8-10-15(14)18(24)22(20-17)11-13(3)4/h7-10,13H,5-6,11-12H2,1-4H3. The number of fused-ring (bicyclic) bond motifs is 1. The quantitative estimate of drug-likeness (QED) is 0.707. The molecule has 7 heteroatoms. The average molecular weight is 359 g/mol. The van der Waals surface area contributed by atoms with Gasteiger partial charge in [0, 0.05) is 25.0 Å². The summed E-state index contributed by atoms with van der Waals surface area (Å²) >= 11 is 0. The maximum Gasteiger partial charge on any atom is 0.359 e. The first-order valence-electron chi connectivity index (χ1n) is 8.83. The molecule has 0 spiro atoms. The number of amides is 1. The molecule has 1 aromatic heterocycles. The second kappa shape index (κ2) is 8.60. The average Bonchev–Trinajstić information content (AvgIpc) is 2.62. The molecule has 2 aromatic rings. The maximum atomic E-state index is 12.6. The molecule has 0 radical (unpaired) electrons. The molecule has 0 unspecified atom stereocenters. The Balaban J connectivity index is 2.35. The number of carbonyl (C=O) groups is 2. The number of esters is 1. The van der Waals surface area contributed by atoms with Gasteiger partial charge >= 0.3 is 5.97 Å². The molecule has 0 aliphatic carbocycles. The minimum Gasteiger partial charge on any atom is -0.451 e. The third kappa shape index (κ3) is 4.28. The first kappa shape index (κ1) is 19.6. The monoisotopic (exact) mass is 359 g/mol. The molecule has 1 amide bonds. The Morgan fingerprint density at radius 1 is 1.15 bits per heavy atom. The summed E-state index contributed by atoms with van der Waals surface area (Å²) in [6.45, 7) is 8.79. The summed E-state index contributed by atoms with van der Waals surface area (Å²) in [5.41, 5.74) is -0.196. The summed E-state index contributed by atoms with van der Waals surface area (Å²) in [5.74, 6) is -0.781. The minimum absolute atomic E-state index is 0.0493. The van der Waals surface area contributed by atoms with Crippen molar-refractivity contribution in [2.24, 2.45) is 5.92 Å². The van der Waals surface area contributed by atoms with Gasteiger partial charge in [-0.05, 0) is 25.8 Å². The van der Waals surface area contributed by atoms with Gasteiger partial charge in [0.2, 0.25) is 0 Å². The number of rotatable bonds is 7. The molecule has 0 N–H and O–H groups in total.